The summed E-state index contributed by atoms with van der Waals surface area (Å²) < 4.78 is 0. The Bertz CT molecular complexity index is 368. The van der Waals surface area contributed by atoms with Crippen LogP contribution in [0.3, 0.4) is 0 Å². The fourth-order valence-electron chi connectivity index (χ4n) is 1.99. The Labute approximate surface area is 115 Å². The Hall–Kier alpha value is -1.39. The Balaban J connectivity index is 2.41. The highest BCUT2D eigenvalue weighted by Gasteiger charge is 2.13. The molecule has 0 heterocycles. The standard InChI is InChI=1S/C15H24N2O2/c1-12(9-10-16)7-8-15(19)17-14(11-18)13-5-3-2-4-6-13/h2-6,12,14,18H,7-11,16H2,1H3,(H,17,19)/t12?,14-/m0/s1. The Morgan fingerprint density at radius 3 is 2.58 bits per heavy atom. The smallest absolute Gasteiger partial charge is 0.220 e. The maximum absolute atomic E-state index is 11.8. The number of carbonyl (C=O) groups is 1. The maximum atomic E-state index is 11.8. The molecule has 4 nitrogen and oxygen atoms in total. The molecule has 4 N–H and O–H groups in total. The normalized spacial score (nSPS) is 13.8. The van der Waals surface area contributed by atoms with Crippen LogP contribution in [0.2, 0.25) is 0 Å². The van der Waals surface area contributed by atoms with Gasteiger partial charge in [0.15, 0.2) is 0 Å². The molecule has 0 fully saturated rings. The van der Waals surface area contributed by atoms with Gasteiger partial charge in [-0.3, -0.25) is 4.79 Å². The van der Waals surface area contributed by atoms with E-state index in [0.29, 0.717) is 18.9 Å². The van der Waals surface area contributed by atoms with Crippen molar-refractivity contribution >= 4 is 5.91 Å². The number of hydrogen-bond donors (Lipinski definition) is 3. The monoisotopic (exact) mass is 264 g/mol. The van der Waals surface area contributed by atoms with E-state index in [-0.39, 0.29) is 18.6 Å². The molecule has 2 atom stereocenters. The molecule has 0 saturated carbocycles. The number of hydrogen-bond acceptors (Lipinski definition) is 3. The molecule has 4 heteroatoms. The van der Waals surface area contributed by atoms with Gasteiger partial charge in [-0.2, -0.15) is 0 Å². The summed E-state index contributed by atoms with van der Waals surface area (Å²) in [5.41, 5.74) is 6.40. The van der Waals surface area contributed by atoms with Gasteiger partial charge in [-0.05, 0) is 30.9 Å². The molecule has 0 aromatic heterocycles. The lowest BCUT2D eigenvalue weighted by atomic mass is 10.0. The molecular weight excluding hydrogens is 240 g/mol. The van der Waals surface area contributed by atoms with Crippen LogP contribution in [0.5, 0.6) is 0 Å². The molecule has 1 aromatic rings. The molecule has 0 aliphatic carbocycles. The van der Waals surface area contributed by atoms with Crippen molar-refractivity contribution in [2.24, 2.45) is 11.7 Å². The van der Waals surface area contributed by atoms with E-state index < -0.39 is 0 Å². The number of carbonyl (C=O) groups excluding carboxylic acids is 1. The quantitative estimate of drug-likeness (QED) is 0.667. The minimum Gasteiger partial charge on any atom is -0.394 e. The lowest BCUT2D eigenvalue weighted by molar-refractivity contribution is -0.122. The summed E-state index contributed by atoms with van der Waals surface area (Å²) in [6, 6.07) is 9.18. The van der Waals surface area contributed by atoms with Gasteiger partial charge in [-0.1, -0.05) is 37.3 Å². The van der Waals surface area contributed by atoms with E-state index in [0.717, 1.165) is 18.4 Å². The molecule has 0 spiro atoms. The Morgan fingerprint density at radius 2 is 2.00 bits per heavy atom. The predicted molar refractivity (Wildman–Crippen MR) is 76.5 cm³/mol. The maximum Gasteiger partial charge on any atom is 0.220 e. The molecule has 1 rings (SSSR count). The zero-order valence-electron chi connectivity index (χ0n) is 11.5. The van der Waals surface area contributed by atoms with Gasteiger partial charge in [0.2, 0.25) is 5.91 Å². The molecule has 0 radical (unpaired) electrons. The fraction of sp³-hybridized carbons (Fsp3) is 0.533. The molecule has 0 aliphatic heterocycles. The molecule has 1 unspecified atom stereocenters. The van der Waals surface area contributed by atoms with Gasteiger partial charge >= 0.3 is 0 Å². The zero-order chi connectivity index (χ0) is 14.1. The lowest BCUT2D eigenvalue weighted by Crippen LogP contribution is -2.30. The van der Waals surface area contributed by atoms with Crippen LogP contribution in [0.4, 0.5) is 0 Å². The molecule has 0 aliphatic rings. The first kappa shape index (κ1) is 15.7. The van der Waals surface area contributed by atoms with Crippen molar-refractivity contribution in [3.8, 4) is 0 Å². The van der Waals surface area contributed by atoms with E-state index >= 15 is 0 Å². The number of nitrogens with two attached hydrogens (primary N) is 1. The molecule has 19 heavy (non-hydrogen) atoms. The van der Waals surface area contributed by atoms with Gasteiger partial charge in [-0.15, -0.1) is 0 Å². The molecular formula is C15H24N2O2. The summed E-state index contributed by atoms with van der Waals surface area (Å²) in [6.45, 7) is 2.67. The molecule has 106 valence electrons. The van der Waals surface area contributed by atoms with E-state index in [1.165, 1.54) is 0 Å². The number of amides is 1. The summed E-state index contributed by atoms with van der Waals surface area (Å²) in [5.74, 6) is 0.437. The predicted octanol–water partition coefficient (Wildman–Crippen LogP) is 1.60. The third kappa shape index (κ3) is 5.85. The number of aliphatic hydroxyl groups is 1. The third-order valence-corrected chi connectivity index (χ3v) is 3.24. The average molecular weight is 264 g/mol. The molecule has 0 saturated heterocycles. The van der Waals surface area contributed by atoms with Gasteiger partial charge in [-0.25, -0.2) is 0 Å². The van der Waals surface area contributed by atoms with E-state index in [1.54, 1.807) is 0 Å². The summed E-state index contributed by atoms with van der Waals surface area (Å²) in [6.07, 6.45) is 2.25. The number of nitrogens with one attached hydrogen (secondary N) is 1. The number of benzene rings is 1. The van der Waals surface area contributed by atoms with Crippen molar-refractivity contribution in [3.05, 3.63) is 35.9 Å². The van der Waals surface area contributed by atoms with Gasteiger partial charge in [0.1, 0.15) is 0 Å². The van der Waals surface area contributed by atoms with Crippen molar-refractivity contribution in [3.63, 3.8) is 0 Å². The third-order valence-electron chi connectivity index (χ3n) is 3.24. The largest absolute Gasteiger partial charge is 0.394 e. The van der Waals surface area contributed by atoms with Gasteiger partial charge in [0.05, 0.1) is 12.6 Å². The second-order valence-electron chi connectivity index (χ2n) is 4.93. The van der Waals surface area contributed by atoms with Crippen LogP contribution in [0.15, 0.2) is 30.3 Å². The van der Waals surface area contributed by atoms with Gasteiger partial charge in [0, 0.05) is 6.42 Å². The summed E-state index contributed by atoms with van der Waals surface area (Å²) in [4.78, 5) is 11.8. The van der Waals surface area contributed by atoms with E-state index in [9.17, 15) is 9.90 Å². The SMILES string of the molecule is CC(CCN)CCC(=O)N[C@@H](CO)c1ccccc1. The molecule has 0 bridgehead atoms. The second kappa shape index (κ2) is 8.67. The highest BCUT2D eigenvalue weighted by atomic mass is 16.3. The summed E-state index contributed by atoms with van der Waals surface area (Å²) >= 11 is 0. The van der Waals surface area contributed by atoms with Crippen LogP contribution in [0, 0.1) is 5.92 Å². The highest BCUT2D eigenvalue weighted by molar-refractivity contribution is 5.76. The van der Waals surface area contributed by atoms with Crippen LogP contribution in [-0.4, -0.2) is 24.2 Å². The van der Waals surface area contributed by atoms with E-state index in [1.807, 2.05) is 30.3 Å². The topological polar surface area (TPSA) is 75.4 Å². The number of aliphatic hydroxyl groups excluding tert-OH is 1. The Kier molecular flexibility index (Phi) is 7.15. The fourth-order valence-corrected chi connectivity index (χ4v) is 1.99. The Morgan fingerprint density at radius 1 is 1.32 bits per heavy atom. The summed E-state index contributed by atoms with van der Waals surface area (Å²) in [5, 5.41) is 12.2. The van der Waals surface area contributed by atoms with Crippen molar-refractivity contribution in [1.82, 2.24) is 5.32 Å². The number of rotatable bonds is 8. The van der Waals surface area contributed by atoms with Crippen LogP contribution in [0.25, 0.3) is 0 Å². The minimum absolute atomic E-state index is 0.0215. The van der Waals surface area contributed by atoms with Gasteiger partial charge < -0.3 is 16.2 Å². The first-order valence-corrected chi connectivity index (χ1v) is 6.82. The van der Waals surface area contributed by atoms with Crippen LogP contribution in [-0.2, 0) is 4.79 Å². The van der Waals surface area contributed by atoms with Crippen molar-refractivity contribution in [2.75, 3.05) is 13.2 Å². The molecule has 1 amide bonds. The molecule has 1 aromatic carbocycles. The van der Waals surface area contributed by atoms with Crippen LogP contribution < -0.4 is 11.1 Å². The van der Waals surface area contributed by atoms with Crippen LogP contribution in [0.1, 0.15) is 37.8 Å². The van der Waals surface area contributed by atoms with Crippen molar-refractivity contribution in [2.45, 2.75) is 32.2 Å². The van der Waals surface area contributed by atoms with Gasteiger partial charge in [0.25, 0.3) is 0 Å². The van der Waals surface area contributed by atoms with Crippen LogP contribution >= 0.6 is 0 Å². The van der Waals surface area contributed by atoms with E-state index in [4.69, 9.17) is 5.73 Å². The minimum atomic E-state index is -0.321. The zero-order valence-corrected chi connectivity index (χ0v) is 11.5. The second-order valence-corrected chi connectivity index (χ2v) is 4.93. The lowest BCUT2D eigenvalue weighted by Gasteiger charge is -2.17. The highest BCUT2D eigenvalue weighted by Crippen LogP contribution is 2.13. The average Bonchev–Trinajstić information content (AvgIpc) is 2.44. The first-order chi connectivity index (χ1) is 9.17. The van der Waals surface area contributed by atoms with Crippen molar-refractivity contribution in [1.29, 1.82) is 0 Å². The van der Waals surface area contributed by atoms with Crippen molar-refractivity contribution < 1.29 is 9.90 Å². The summed E-state index contributed by atoms with van der Waals surface area (Å²) in [7, 11) is 0. The van der Waals surface area contributed by atoms with E-state index in [2.05, 4.69) is 12.2 Å². The first-order valence-electron chi connectivity index (χ1n) is 6.82.